The molecule has 8 N–H and O–H groups in total. The lowest BCUT2D eigenvalue weighted by Gasteiger charge is -2.29. The molecule has 6 unspecified atom stereocenters. The van der Waals surface area contributed by atoms with Crippen LogP contribution in [0, 0.1) is 11.8 Å². The highest BCUT2D eigenvalue weighted by molar-refractivity contribution is 5.94. The van der Waals surface area contributed by atoms with Crippen LogP contribution < -0.4 is 21.7 Å². The molecule has 0 fully saturated rings. The number of aromatic nitrogens is 2. The van der Waals surface area contributed by atoms with E-state index in [4.69, 9.17) is 5.73 Å². The molecule has 1 rings (SSSR count). The third kappa shape index (κ3) is 9.10. The molecule has 0 saturated carbocycles. The molecule has 1 heterocycles. The minimum atomic E-state index is -1.34. The molecule has 0 spiro atoms. The van der Waals surface area contributed by atoms with Crippen molar-refractivity contribution in [1.82, 2.24) is 25.9 Å². The molecule has 6 atom stereocenters. The number of amides is 3. The number of H-pyrrole nitrogens is 1. The number of hydrogen-bond donors (Lipinski definition) is 7. The van der Waals surface area contributed by atoms with Gasteiger partial charge >= 0.3 is 5.97 Å². The maximum absolute atomic E-state index is 13.0. The number of imidazole rings is 1. The fourth-order valence-electron chi connectivity index (χ4n) is 3.30. The minimum Gasteiger partial charge on any atom is -0.480 e. The second kappa shape index (κ2) is 13.7. The molecular formula is C22H38N6O6. The van der Waals surface area contributed by atoms with Crippen LogP contribution in [0.25, 0.3) is 0 Å². The van der Waals surface area contributed by atoms with Crippen molar-refractivity contribution in [1.29, 1.82) is 0 Å². The molecule has 12 nitrogen and oxygen atoms in total. The lowest BCUT2D eigenvalue weighted by atomic mass is 9.96. The number of hydrogen-bond acceptors (Lipinski definition) is 7. The van der Waals surface area contributed by atoms with Gasteiger partial charge in [-0.25, -0.2) is 9.78 Å². The SMILES string of the molecule is CCC(C)C(NC(=O)C(NC(=O)C(N)CC(C)C)C(C)O)C(=O)NC(Cc1cnc[nH]1)C(=O)O. The molecular weight excluding hydrogens is 444 g/mol. The second-order valence-electron chi connectivity index (χ2n) is 9.02. The summed E-state index contributed by atoms with van der Waals surface area (Å²) < 4.78 is 0. The Morgan fingerprint density at radius 3 is 2.09 bits per heavy atom. The van der Waals surface area contributed by atoms with E-state index in [9.17, 15) is 29.4 Å². The number of carbonyl (C=O) groups excluding carboxylic acids is 3. The van der Waals surface area contributed by atoms with Crippen LogP contribution in [0.15, 0.2) is 12.5 Å². The first kappa shape index (κ1) is 29.0. The first-order valence-electron chi connectivity index (χ1n) is 11.4. The number of nitrogens with two attached hydrogens (primary N) is 1. The van der Waals surface area contributed by atoms with Crippen LogP contribution >= 0.6 is 0 Å². The fourth-order valence-corrected chi connectivity index (χ4v) is 3.30. The Bertz CT molecular complexity index is 813. The number of aliphatic hydroxyl groups excluding tert-OH is 1. The lowest BCUT2D eigenvalue weighted by molar-refractivity contribution is -0.142. The van der Waals surface area contributed by atoms with E-state index in [0.717, 1.165) is 0 Å². The molecule has 1 aromatic rings. The second-order valence-corrected chi connectivity index (χ2v) is 9.02. The monoisotopic (exact) mass is 482 g/mol. The minimum absolute atomic E-state index is 0.0255. The van der Waals surface area contributed by atoms with Crippen molar-refractivity contribution >= 4 is 23.7 Å². The fraction of sp³-hybridized carbons (Fsp3) is 0.682. The van der Waals surface area contributed by atoms with Crippen LogP contribution in [0.1, 0.15) is 53.2 Å². The van der Waals surface area contributed by atoms with Gasteiger partial charge in [-0.05, 0) is 25.2 Å². The van der Waals surface area contributed by atoms with E-state index in [1.54, 1.807) is 6.92 Å². The van der Waals surface area contributed by atoms with Crippen molar-refractivity contribution in [2.75, 3.05) is 0 Å². The maximum atomic E-state index is 13.0. The Hall–Kier alpha value is -2.99. The van der Waals surface area contributed by atoms with Gasteiger partial charge in [0.25, 0.3) is 0 Å². The van der Waals surface area contributed by atoms with E-state index in [1.165, 1.54) is 19.4 Å². The zero-order valence-electron chi connectivity index (χ0n) is 20.4. The van der Waals surface area contributed by atoms with Gasteiger partial charge in [0.1, 0.15) is 18.1 Å². The molecule has 0 aliphatic heterocycles. The van der Waals surface area contributed by atoms with Crippen molar-refractivity contribution in [3.05, 3.63) is 18.2 Å². The van der Waals surface area contributed by atoms with Crippen molar-refractivity contribution in [3.63, 3.8) is 0 Å². The Morgan fingerprint density at radius 2 is 1.62 bits per heavy atom. The molecule has 192 valence electrons. The molecule has 0 aliphatic carbocycles. The summed E-state index contributed by atoms with van der Waals surface area (Å²) in [5.41, 5.74) is 6.39. The number of aromatic amines is 1. The number of rotatable bonds is 14. The number of aliphatic hydroxyl groups is 1. The van der Waals surface area contributed by atoms with E-state index in [2.05, 4.69) is 25.9 Å². The predicted octanol–water partition coefficient (Wildman–Crippen LogP) is -0.708. The molecule has 0 saturated heterocycles. The summed E-state index contributed by atoms with van der Waals surface area (Å²) in [7, 11) is 0. The largest absolute Gasteiger partial charge is 0.480 e. The van der Waals surface area contributed by atoms with Gasteiger partial charge in [0.2, 0.25) is 17.7 Å². The molecule has 0 aliphatic rings. The van der Waals surface area contributed by atoms with Crippen LogP contribution in [-0.2, 0) is 25.6 Å². The summed E-state index contributed by atoms with van der Waals surface area (Å²) in [6.07, 6.45) is 2.46. The normalized spacial score (nSPS) is 16.6. The standard InChI is InChI=1S/C22H38N6O6/c1-6-12(4)17(20(31)26-16(22(33)34)8-14-9-24-10-25-14)27-21(32)18(13(5)29)28-19(30)15(23)7-11(2)3/h9-13,15-18,29H,6-8,23H2,1-5H3,(H,24,25)(H,26,31)(H,27,32)(H,28,30)(H,33,34). The summed E-state index contributed by atoms with van der Waals surface area (Å²) >= 11 is 0. The van der Waals surface area contributed by atoms with Crippen molar-refractivity contribution in [2.45, 2.75) is 84.2 Å². The van der Waals surface area contributed by atoms with Gasteiger partial charge in [-0.2, -0.15) is 0 Å². The Balaban J connectivity index is 2.96. The number of nitrogens with zero attached hydrogens (tertiary/aromatic N) is 1. The first-order valence-corrected chi connectivity index (χ1v) is 11.4. The van der Waals surface area contributed by atoms with Gasteiger partial charge in [-0.15, -0.1) is 0 Å². The zero-order valence-corrected chi connectivity index (χ0v) is 20.4. The van der Waals surface area contributed by atoms with E-state index in [-0.39, 0.29) is 18.3 Å². The molecule has 1 aromatic heterocycles. The van der Waals surface area contributed by atoms with Crippen LogP contribution in [0.2, 0.25) is 0 Å². The smallest absolute Gasteiger partial charge is 0.326 e. The van der Waals surface area contributed by atoms with Gasteiger partial charge in [0.15, 0.2) is 0 Å². The number of carbonyl (C=O) groups is 4. The van der Waals surface area contributed by atoms with Gasteiger partial charge in [-0.3, -0.25) is 14.4 Å². The molecule has 0 radical (unpaired) electrons. The van der Waals surface area contributed by atoms with Crippen LogP contribution in [0.3, 0.4) is 0 Å². The van der Waals surface area contributed by atoms with E-state index in [1.807, 2.05) is 20.8 Å². The third-order valence-corrected chi connectivity index (χ3v) is 5.51. The quantitative estimate of drug-likeness (QED) is 0.180. The van der Waals surface area contributed by atoms with E-state index >= 15 is 0 Å². The number of carboxylic acids is 1. The summed E-state index contributed by atoms with van der Waals surface area (Å²) in [5.74, 6) is -3.51. The molecule has 3 amide bonds. The van der Waals surface area contributed by atoms with Gasteiger partial charge in [0.05, 0.1) is 18.5 Å². The predicted molar refractivity (Wildman–Crippen MR) is 124 cm³/mol. The highest BCUT2D eigenvalue weighted by atomic mass is 16.4. The van der Waals surface area contributed by atoms with E-state index < -0.39 is 54.0 Å². The van der Waals surface area contributed by atoms with Gasteiger partial charge in [0, 0.05) is 18.3 Å². The highest BCUT2D eigenvalue weighted by Crippen LogP contribution is 2.11. The number of carboxylic acid groups (broad SMARTS) is 1. The average molecular weight is 483 g/mol. The highest BCUT2D eigenvalue weighted by Gasteiger charge is 2.34. The summed E-state index contributed by atoms with van der Waals surface area (Å²) in [6, 6.07) is -4.55. The molecule has 0 aromatic carbocycles. The number of aliphatic carboxylic acids is 1. The van der Waals surface area contributed by atoms with E-state index in [0.29, 0.717) is 18.5 Å². The topological polar surface area (TPSA) is 200 Å². The third-order valence-electron chi connectivity index (χ3n) is 5.51. The van der Waals surface area contributed by atoms with Crippen LogP contribution in [0.4, 0.5) is 0 Å². The van der Waals surface area contributed by atoms with Gasteiger partial charge in [-0.1, -0.05) is 34.1 Å². The summed E-state index contributed by atoms with van der Waals surface area (Å²) in [4.78, 5) is 56.6. The Morgan fingerprint density at radius 1 is 1.03 bits per heavy atom. The summed E-state index contributed by atoms with van der Waals surface area (Å²) in [5, 5.41) is 27.1. The van der Waals surface area contributed by atoms with Crippen molar-refractivity contribution < 1.29 is 29.4 Å². The van der Waals surface area contributed by atoms with Crippen molar-refractivity contribution in [3.8, 4) is 0 Å². The lowest BCUT2D eigenvalue weighted by Crippen LogP contribution is -2.61. The van der Waals surface area contributed by atoms with Gasteiger partial charge < -0.3 is 36.9 Å². The zero-order chi connectivity index (χ0) is 26.0. The Labute approximate surface area is 199 Å². The van der Waals surface area contributed by atoms with Crippen LogP contribution in [0.5, 0.6) is 0 Å². The molecule has 0 bridgehead atoms. The Kier molecular flexibility index (Phi) is 11.7. The maximum Gasteiger partial charge on any atom is 0.326 e. The average Bonchev–Trinajstić information content (AvgIpc) is 3.26. The molecule has 34 heavy (non-hydrogen) atoms. The first-order chi connectivity index (χ1) is 15.9. The molecule has 12 heteroatoms. The van der Waals surface area contributed by atoms with Crippen molar-refractivity contribution in [2.24, 2.45) is 17.6 Å². The summed E-state index contributed by atoms with van der Waals surface area (Å²) in [6.45, 7) is 8.68. The van der Waals surface area contributed by atoms with Crippen LogP contribution in [-0.4, -0.2) is 74.1 Å². The number of nitrogens with one attached hydrogen (secondary N) is 4.